The van der Waals surface area contributed by atoms with Crippen molar-refractivity contribution in [3.05, 3.63) is 59.2 Å². The van der Waals surface area contributed by atoms with E-state index in [1.807, 2.05) is 18.2 Å². The number of likely N-dealkylation sites (tertiary alicyclic amines) is 1. The van der Waals surface area contributed by atoms with Gasteiger partial charge in [0.05, 0.1) is 14.2 Å². The molecule has 4 heterocycles. The van der Waals surface area contributed by atoms with Gasteiger partial charge in [-0.15, -0.1) is 6.58 Å². The predicted octanol–water partition coefficient (Wildman–Crippen LogP) is 4.08. The summed E-state index contributed by atoms with van der Waals surface area (Å²) in [7, 11) is 3.35. The molecule has 2 aromatic rings. The van der Waals surface area contributed by atoms with Gasteiger partial charge in [0.2, 0.25) is 0 Å². The molecule has 2 aromatic carbocycles. The summed E-state index contributed by atoms with van der Waals surface area (Å²) in [6, 6.07) is 9.32. The molecular weight excluding hydrogens is 568 g/mol. The fourth-order valence-corrected chi connectivity index (χ4v) is 11.3. The van der Waals surface area contributed by atoms with Gasteiger partial charge in [-0.3, -0.25) is 14.5 Å². The Hall–Kier alpha value is -3.36. The number of piperidine rings is 2. The molecule has 4 bridgehead atoms. The Balaban J connectivity index is 0.000000126. The van der Waals surface area contributed by atoms with Crippen LogP contribution in [-0.4, -0.2) is 74.6 Å². The summed E-state index contributed by atoms with van der Waals surface area (Å²) in [6.07, 6.45) is 8.75. The third kappa shape index (κ3) is 3.45. The molecule has 4 unspecified atom stereocenters. The molecule has 8 atom stereocenters. The summed E-state index contributed by atoms with van der Waals surface area (Å²) < 4.78 is 23.5. The van der Waals surface area contributed by atoms with Crippen molar-refractivity contribution in [2.45, 2.75) is 86.5 Å². The Labute approximate surface area is 264 Å². The van der Waals surface area contributed by atoms with E-state index in [0.717, 1.165) is 81.2 Å². The lowest BCUT2D eigenvalue weighted by atomic mass is 9.51. The van der Waals surface area contributed by atoms with E-state index in [1.165, 1.54) is 22.3 Å². The zero-order valence-electron chi connectivity index (χ0n) is 26.2. The van der Waals surface area contributed by atoms with Gasteiger partial charge in [0.25, 0.3) is 0 Å². The van der Waals surface area contributed by atoms with Gasteiger partial charge in [-0.05, 0) is 86.7 Å². The van der Waals surface area contributed by atoms with Gasteiger partial charge in [-0.2, -0.15) is 0 Å². The van der Waals surface area contributed by atoms with Gasteiger partial charge >= 0.3 is 0 Å². The molecule has 4 fully saturated rings. The van der Waals surface area contributed by atoms with Crippen LogP contribution >= 0.6 is 0 Å². The number of hydrogen-bond donors (Lipinski definition) is 1. The van der Waals surface area contributed by atoms with Crippen molar-refractivity contribution in [1.82, 2.24) is 10.2 Å². The number of Topliss-reactive ketones (excluding diaryl/α,β-unsaturated/α-hetero) is 2. The standard InChI is InChI=1S/C20H23NO3.C17H19NO3/c1-3-9-21-10-8-20-13-5-6-15(22)19(20)24-18-16(23-2)7-4-12(17(18)20)11-14(13)21;1-20-13-5-2-9-8-11-10-3-4-12(19)16-17(10,6-7-18-11)14(9)15(13)21-16/h3-4,7,13-14,19H,1,5-6,8-11H2,2H3;2,5,10-11,16,18H,3-4,6-8H2,1H3/t13-,14?,19?,20-;10-,11?,16?,17-/m11/s1. The summed E-state index contributed by atoms with van der Waals surface area (Å²) in [5, 5.41) is 3.67. The van der Waals surface area contributed by atoms with Crippen LogP contribution < -0.4 is 24.3 Å². The Kier molecular flexibility index (Phi) is 6.09. The Bertz CT molecular complexity index is 1640. The van der Waals surface area contributed by atoms with Crippen LogP contribution in [0.3, 0.4) is 0 Å². The summed E-state index contributed by atoms with van der Waals surface area (Å²) in [5.74, 6) is 4.81. The number of ether oxygens (including phenoxy) is 4. The third-order valence-electron chi connectivity index (χ3n) is 12.9. The number of carbonyl (C=O) groups is 2. The molecule has 4 aliphatic heterocycles. The van der Waals surface area contributed by atoms with Crippen molar-refractivity contribution >= 4 is 11.6 Å². The molecule has 0 radical (unpaired) electrons. The molecule has 4 aliphatic carbocycles. The van der Waals surface area contributed by atoms with Gasteiger partial charge in [0.1, 0.15) is 0 Å². The van der Waals surface area contributed by atoms with E-state index in [2.05, 4.69) is 28.9 Å². The highest BCUT2D eigenvalue weighted by atomic mass is 16.5. The van der Waals surface area contributed by atoms with Crippen LogP contribution in [-0.2, 0) is 33.3 Å². The van der Waals surface area contributed by atoms with E-state index >= 15 is 0 Å². The zero-order chi connectivity index (χ0) is 30.7. The van der Waals surface area contributed by atoms with Crippen molar-refractivity contribution in [1.29, 1.82) is 0 Å². The van der Waals surface area contributed by atoms with Crippen LogP contribution in [0.15, 0.2) is 36.9 Å². The number of methoxy groups -OCH3 is 2. The van der Waals surface area contributed by atoms with Crippen molar-refractivity contribution in [3.63, 3.8) is 0 Å². The number of rotatable bonds is 4. The van der Waals surface area contributed by atoms with Gasteiger partial charge in [0, 0.05) is 53.4 Å². The monoisotopic (exact) mass is 610 g/mol. The lowest BCUT2D eigenvalue weighted by molar-refractivity contribution is -0.138. The van der Waals surface area contributed by atoms with Crippen LogP contribution in [0.25, 0.3) is 0 Å². The largest absolute Gasteiger partial charge is 0.493 e. The maximum Gasteiger partial charge on any atom is 0.174 e. The molecule has 1 N–H and O–H groups in total. The van der Waals surface area contributed by atoms with E-state index in [9.17, 15) is 9.59 Å². The fraction of sp³-hybridized carbons (Fsp3) is 0.568. The van der Waals surface area contributed by atoms with E-state index < -0.39 is 0 Å². The second-order valence-corrected chi connectivity index (χ2v) is 14.4. The summed E-state index contributed by atoms with van der Waals surface area (Å²) in [5.41, 5.74) is 5.05. The third-order valence-corrected chi connectivity index (χ3v) is 12.9. The first-order valence-corrected chi connectivity index (χ1v) is 16.8. The average Bonchev–Trinajstić information content (AvgIpc) is 3.58. The summed E-state index contributed by atoms with van der Waals surface area (Å²) in [4.78, 5) is 27.8. The molecule has 2 saturated heterocycles. The van der Waals surface area contributed by atoms with E-state index in [-0.39, 0.29) is 34.6 Å². The average molecular weight is 611 g/mol. The maximum atomic E-state index is 12.7. The molecule has 10 rings (SSSR count). The van der Waals surface area contributed by atoms with Crippen LogP contribution in [0.2, 0.25) is 0 Å². The number of ketones is 2. The van der Waals surface area contributed by atoms with Crippen molar-refractivity contribution in [3.8, 4) is 23.0 Å². The smallest absolute Gasteiger partial charge is 0.174 e. The maximum absolute atomic E-state index is 12.7. The van der Waals surface area contributed by atoms with Crippen LogP contribution in [0.1, 0.15) is 60.8 Å². The normalized spacial score (nSPS) is 37.3. The van der Waals surface area contributed by atoms with Gasteiger partial charge in [-0.1, -0.05) is 18.2 Å². The summed E-state index contributed by atoms with van der Waals surface area (Å²) in [6.45, 7) is 6.84. The first-order chi connectivity index (χ1) is 22.0. The Morgan fingerprint density at radius 3 is 2.11 bits per heavy atom. The number of carbonyl (C=O) groups excluding carboxylic acids is 2. The number of benzene rings is 2. The van der Waals surface area contributed by atoms with Gasteiger partial charge in [0.15, 0.2) is 46.8 Å². The predicted molar refractivity (Wildman–Crippen MR) is 168 cm³/mol. The summed E-state index contributed by atoms with van der Waals surface area (Å²) >= 11 is 0. The number of nitrogens with one attached hydrogen (secondary N) is 1. The SMILES string of the molecule is C=CCN1CC[C@@]23c4c5ccc(OC)c4OC2C(=O)CC[C@@H]3C1C5.COc1ccc2c3c1OC1C(=O)CC[C@@H]4C(C2)NCC[C@@]314. The van der Waals surface area contributed by atoms with E-state index in [0.29, 0.717) is 36.8 Å². The Morgan fingerprint density at radius 2 is 1.49 bits per heavy atom. The molecular formula is C37H42N2O6. The van der Waals surface area contributed by atoms with Crippen molar-refractivity contribution in [2.75, 3.05) is 33.9 Å². The highest BCUT2D eigenvalue weighted by Gasteiger charge is 2.66. The minimum absolute atomic E-state index is 0.0945. The molecule has 2 spiro atoms. The Morgan fingerprint density at radius 1 is 0.889 bits per heavy atom. The van der Waals surface area contributed by atoms with Crippen LogP contribution in [0, 0.1) is 11.8 Å². The lowest BCUT2D eigenvalue weighted by Crippen LogP contribution is -2.66. The van der Waals surface area contributed by atoms with Crippen molar-refractivity contribution < 1.29 is 28.5 Å². The quantitative estimate of drug-likeness (QED) is 0.519. The molecule has 2 saturated carbocycles. The number of hydrogen-bond acceptors (Lipinski definition) is 8. The van der Waals surface area contributed by atoms with Crippen LogP contribution in [0.4, 0.5) is 0 Å². The lowest BCUT2D eigenvalue weighted by Gasteiger charge is -2.57. The molecule has 8 heteroatoms. The molecule has 8 nitrogen and oxygen atoms in total. The number of nitrogens with zero attached hydrogens (tertiary/aromatic N) is 1. The van der Waals surface area contributed by atoms with Gasteiger partial charge in [-0.25, -0.2) is 0 Å². The first-order valence-electron chi connectivity index (χ1n) is 16.8. The molecule has 45 heavy (non-hydrogen) atoms. The second kappa shape index (κ2) is 9.82. The highest BCUT2D eigenvalue weighted by molar-refractivity contribution is 5.90. The molecule has 0 amide bonds. The van der Waals surface area contributed by atoms with Crippen LogP contribution in [0.5, 0.6) is 23.0 Å². The highest BCUT2D eigenvalue weighted by Crippen LogP contribution is 2.64. The van der Waals surface area contributed by atoms with E-state index in [4.69, 9.17) is 18.9 Å². The van der Waals surface area contributed by atoms with E-state index in [1.54, 1.807) is 14.2 Å². The minimum atomic E-state index is -0.310. The fourth-order valence-electron chi connectivity index (χ4n) is 11.3. The van der Waals surface area contributed by atoms with Crippen molar-refractivity contribution in [2.24, 2.45) is 11.8 Å². The minimum Gasteiger partial charge on any atom is -0.493 e. The topological polar surface area (TPSA) is 86.3 Å². The molecule has 0 aromatic heterocycles. The second-order valence-electron chi connectivity index (χ2n) is 14.4. The first kappa shape index (κ1) is 27.9. The molecule has 8 aliphatic rings. The molecule has 236 valence electrons. The van der Waals surface area contributed by atoms with Gasteiger partial charge < -0.3 is 24.3 Å². The zero-order valence-corrected chi connectivity index (χ0v) is 26.2.